The average molecular weight is 375 g/mol. The molecule has 0 bridgehead atoms. The van der Waals surface area contributed by atoms with E-state index in [0.29, 0.717) is 19.4 Å². The zero-order valence-electron chi connectivity index (χ0n) is 15.5. The second-order valence-corrected chi connectivity index (χ2v) is 9.89. The van der Waals surface area contributed by atoms with Crippen LogP contribution >= 0.6 is 0 Å². The molecule has 2 aromatic rings. The van der Waals surface area contributed by atoms with Crippen LogP contribution in [0.3, 0.4) is 0 Å². The summed E-state index contributed by atoms with van der Waals surface area (Å²) in [5.74, 6) is -0.380. The van der Waals surface area contributed by atoms with E-state index in [1.807, 2.05) is 51.1 Å². The standard InChI is InChI=1S/C20H26N2O3S/c1-20(2,3)21-19(23)17-9-6-12-22(14-17)26(24,25)18-11-10-15-7-4-5-8-16(15)13-18/h4-5,7-8,10-11,13,17H,6,9,12,14H2,1-3H3,(H,21,23)/t17-/m1/s1. The van der Waals surface area contributed by atoms with Gasteiger partial charge in [-0.25, -0.2) is 8.42 Å². The van der Waals surface area contributed by atoms with Gasteiger partial charge in [0.2, 0.25) is 15.9 Å². The van der Waals surface area contributed by atoms with Crippen LogP contribution in [0.2, 0.25) is 0 Å². The number of amides is 1. The molecule has 3 rings (SSSR count). The molecular weight excluding hydrogens is 348 g/mol. The summed E-state index contributed by atoms with van der Waals surface area (Å²) in [7, 11) is -3.61. The molecule has 5 nitrogen and oxygen atoms in total. The fourth-order valence-electron chi connectivity index (χ4n) is 3.32. The Morgan fingerprint density at radius 2 is 1.81 bits per heavy atom. The highest BCUT2D eigenvalue weighted by Gasteiger charge is 2.34. The van der Waals surface area contributed by atoms with Gasteiger partial charge in [0.05, 0.1) is 10.8 Å². The number of hydrogen-bond acceptors (Lipinski definition) is 3. The van der Waals surface area contributed by atoms with Crippen molar-refractivity contribution in [1.82, 2.24) is 9.62 Å². The summed E-state index contributed by atoms with van der Waals surface area (Å²) in [6.07, 6.45) is 1.40. The molecule has 140 valence electrons. The van der Waals surface area contributed by atoms with Crippen molar-refractivity contribution >= 4 is 26.7 Å². The number of sulfonamides is 1. The molecule has 1 aliphatic heterocycles. The van der Waals surface area contributed by atoms with Crippen LogP contribution < -0.4 is 5.32 Å². The molecule has 1 atom stereocenters. The lowest BCUT2D eigenvalue weighted by atomic mass is 9.97. The number of rotatable bonds is 3. The molecule has 0 saturated carbocycles. The van der Waals surface area contributed by atoms with Gasteiger partial charge in [0.15, 0.2) is 0 Å². The minimum absolute atomic E-state index is 0.0732. The SMILES string of the molecule is CC(C)(C)NC(=O)[C@@H]1CCCN(S(=O)(=O)c2ccc3ccccc3c2)C1. The Labute approximate surface area is 155 Å². The van der Waals surface area contributed by atoms with Gasteiger partial charge in [0.1, 0.15) is 0 Å². The Kier molecular flexibility index (Phi) is 5.08. The highest BCUT2D eigenvalue weighted by atomic mass is 32.2. The summed E-state index contributed by atoms with van der Waals surface area (Å²) in [5, 5.41) is 4.87. The lowest BCUT2D eigenvalue weighted by molar-refractivity contribution is -0.127. The van der Waals surface area contributed by atoms with Gasteiger partial charge in [-0.2, -0.15) is 4.31 Å². The summed E-state index contributed by atoms with van der Waals surface area (Å²) >= 11 is 0. The van der Waals surface area contributed by atoms with Crippen molar-refractivity contribution in [2.75, 3.05) is 13.1 Å². The van der Waals surface area contributed by atoms with Crippen LogP contribution in [0.1, 0.15) is 33.6 Å². The van der Waals surface area contributed by atoms with Crippen LogP contribution in [0.5, 0.6) is 0 Å². The third-order valence-electron chi connectivity index (χ3n) is 4.61. The second kappa shape index (κ2) is 7.00. The maximum Gasteiger partial charge on any atom is 0.243 e. The number of piperidine rings is 1. The molecule has 6 heteroatoms. The van der Waals surface area contributed by atoms with Crippen LogP contribution in [0.4, 0.5) is 0 Å². The number of carbonyl (C=O) groups excluding carboxylic acids is 1. The molecule has 1 saturated heterocycles. The van der Waals surface area contributed by atoms with E-state index in [2.05, 4.69) is 5.32 Å². The number of nitrogens with zero attached hydrogens (tertiary/aromatic N) is 1. The summed E-state index contributed by atoms with van der Waals surface area (Å²) in [6.45, 7) is 6.47. The Balaban J connectivity index is 1.82. The van der Waals surface area contributed by atoms with E-state index in [1.54, 1.807) is 12.1 Å². The molecule has 0 spiro atoms. The largest absolute Gasteiger partial charge is 0.351 e. The van der Waals surface area contributed by atoms with Gasteiger partial charge < -0.3 is 5.32 Å². The van der Waals surface area contributed by atoms with E-state index in [4.69, 9.17) is 0 Å². The first kappa shape index (κ1) is 18.9. The minimum Gasteiger partial charge on any atom is -0.351 e. The molecule has 1 N–H and O–H groups in total. The molecule has 26 heavy (non-hydrogen) atoms. The van der Waals surface area contributed by atoms with Crippen LogP contribution in [-0.4, -0.2) is 37.3 Å². The van der Waals surface area contributed by atoms with E-state index in [0.717, 1.165) is 10.8 Å². The molecular formula is C20H26N2O3S. The predicted octanol–water partition coefficient (Wildman–Crippen LogP) is 3.16. The number of hydrogen-bond donors (Lipinski definition) is 1. The summed E-state index contributed by atoms with van der Waals surface area (Å²) in [6, 6.07) is 12.9. The number of carbonyl (C=O) groups is 1. The first-order chi connectivity index (χ1) is 12.2. The Bertz CT molecular complexity index is 916. The number of nitrogens with one attached hydrogen (secondary N) is 1. The number of benzene rings is 2. The Morgan fingerprint density at radius 3 is 2.50 bits per heavy atom. The highest BCUT2D eigenvalue weighted by molar-refractivity contribution is 7.89. The van der Waals surface area contributed by atoms with E-state index < -0.39 is 10.0 Å². The lowest BCUT2D eigenvalue weighted by Crippen LogP contribution is -2.49. The summed E-state index contributed by atoms with van der Waals surface area (Å²) in [5.41, 5.74) is -0.323. The van der Waals surface area contributed by atoms with E-state index in [1.165, 1.54) is 4.31 Å². The molecule has 1 amide bonds. The summed E-state index contributed by atoms with van der Waals surface area (Å²) in [4.78, 5) is 12.8. The van der Waals surface area contributed by atoms with Crippen molar-refractivity contribution in [3.63, 3.8) is 0 Å². The second-order valence-electron chi connectivity index (χ2n) is 7.95. The van der Waals surface area contributed by atoms with Crippen LogP contribution in [0.25, 0.3) is 10.8 Å². The van der Waals surface area contributed by atoms with Crippen molar-refractivity contribution in [2.24, 2.45) is 5.92 Å². The normalized spacial score (nSPS) is 19.4. The first-order valence-electron chi connectivity index (χ1n) is 8.98. The van der Waals surface area contributed by atoms with Crippen molar-refractivity contribution in [2.45, 2.75) is 44.0 Å². The van der Waals surface area contributed by atoms with Crippen molar-refractivity contribution in [3.05, 3.63) is 42.5 Å². The quantitative estimate of drug-likeness (QED) is 0.897. The smallest absolute Gasteiger partial charge is 0.243 e. The van der Waals surface area contributed by atoms with E-state index in [-0.39, 0.29) is 28.8 Å². The van der Waals surface area contributed by atoms with Crippen molar-refractivity contribution in [1.29, 1.82) is 0 Å². The monoisotopic (exact) mass is 374 g/mol. The predicted molar refractivity (Wildman–Crippen MR) is 103 cm³/mol. The Morgan fingerprint density at radius 1 is 1.12 bits per heavy atom. The maximum absolute atomic E-state index is 13.1. The van der Waals surface area contributed by atoms with Gasteiger partial charge in [0, 0.05) is 18.6 Å². The number of fused-ring (bicyclic) bond motifs is 1. The summed E-state index contributed by atoms with van der Waals surface area (Å²) < 4.78 is 27.6. The lowest BCUT2D eigenvalue weighted by Gasteiger charge is -2.33. The van der Waals surface area contributed by atoms with Crippen LogP contribution in [0.15, 0.2) is 47.4 Å². The van der Waals surface area contributed by atoms with Gasteiger partial charge in [-0.15, -0.1) is 0 Å². The zero-order chi connectivity index (χ0) is 18.9. The first-order valence-corrected chi connectivity index (χ1v) is 10.4. The van der Waals surface area contributed by atoms with Gasteiger partial charge in [-0.1, -0.05) is 30.3 Å². The zero-order valence-corrected chi connectivity index (χ0v) is 16.3. The molecule has 2 aromatic carbocycles. The van der Waals surface area contributed by atoms with Crippen LogP contribution in [-0.2, 0) is 14.8 Å². The topological polar surface area (TPSA) is 66.5 Å². The van der Waals surface area contributed by atoms with Gasteiger partial charge in [0.25, 0.3) is 0 Å². The molecule has 1 fully saturated rings. The van der Waals surface area contributed by atoms with Gasteiger partial charge >= 0.3 is 0 Å². The molecule has 0 aromatic heterocycles. The molecule has 0 aliphatic carbocycles. The maximum atomic E-state index is 13.1. The van der Waals surface area contributed by atoms with Gasteiger partial charge in [-0.05, 0) is 56.5 Å². The fraction of sp³-hybridized carbons (Fsp3) is 0.450. The fourth-order valence-corrected chi connectivity index (χ4v) is 4.88. The van der Waals surface area contributed by atoms with E-state index >= 15 is 0 Å². The molecule has 1 aliphatic rings. The third kappa shape index (κ3) is 4.07. The van der Waals surface area contributed by atoms with Crippen LogP contribution in [0, 0.1) is 5.92 Å². The minimum atomic E-state index is -3.61. The average Bonchev–Trinajstić information content (AvgIpc) is 2.60. The van der Waals surface area contributed by atoms with Gasteiger partial charge in [-0.3, -0.25) is 4.79 Å². The molecule has 1 heterocycles. The molecule has 0 radical (unpaired) electrons. The Hall–Kier alpha value is -1.92. The van der Waals surface area contributed by atoms with Crippen molar-refractivity contribution in [3.8, 4) is 0 Å². The molecule has 0 unspecified atom stereocenters. The third-order valence-corrected chi connectivity index (χ3v) is 6.47. The van der Waals surface area contributed by atoms with E-state index in [9.17, 15) is 13.2 Å². The van der Waals surface area contributed by atoms with Crippen molar-refractivity contribution < 1.29 is 13.2 Å². The highest BCUT2D eigenvalue weighted by Crippen LogP contribution is 2.26.